The number of carbonyl (C=O) groups is 1. The van der Waals surface area contributed by atoms with Gasteiger partial charge in [-0.3, -0.25) is 4.79 Å². The number of sulfonamides is 1. The van der Waals surface area contributed by atoms with E-state index < -0.39 is 15.7 Å². The number of carbonyl (C=O) groups excluding carboxylic acids is 1. The van der Waals surface area contributed by atoms with Gasteiger partial charge in [0.05, 0.1) is 17.7 Å². The first-order chi connectivity index (χ1) is 13.9. The smallest absolute Gasteiger partial charge is 0.263 e. The van der Waals surface area contributed by atoms with Crippen molar-refractivity contribution in [2.24, 2.45) is 0 Å². The molecule has 154 valence electrons. The van der Waals surface area contributed by atoms with Crippen LogP contribution in [-0.2, 0) is 22.9 Å². The van der Waals surface area contributed by atoms with Crippen molar-refractivity contribution in [2.75, 3.05) is 25.5 Å². The van der Waals surface area contributed by atoms with Crippen LogP contribution in [0.2, 0.25) is 0 Å². The number of piperidine rings is 1. The summed E-state index contributed by atoms with van der Waals surface area (Å²) in [5.74, 6) is 0.654. The zero-order valence-electron chi connectivity index (χ0n) is 16.2. The average Bonchev–Trinajstić information content (AvgIpc) is 3.29. The van der Waals surface area contributed by atoms with Gasteiger partial charge in [0.2, 0.25) is 10.0 Å². The van der Waals surface area contributed by atoms with E-state index in [1.54, 1.807) is 36.6 Å². The van der Waals surface area contributed by atoms with Gasteiger partial charge in [-0.2, -0.15) is 4.72 Å². The zero-order chi connectivity index (χ0) is 20.2. The number of thiophene rings is 1. The summed E-state index contributed by atoms with van der Waals surface area (Å²) in [4.78, 5) is 17.1. The fraction of sp³-hybridized carbons (Fsp3) is 0.450. The van der Waals surface area contributed by atoms with E-state index in [0.717, 1.165) is 17.7 Å². The Labute approximate surface area is 174 Å². The molecule has 1 aromatic heterocycles. The molecule has 2 aliphatic heterocycles. The molecule has 2 N–H and O–H groups in total. The van der Waals surface area contributed by atoms with Crippen molar-refractivity contribution >= 4 is 33.0 Å². The van der Waals surface area contributed by atoms with Crippen LogP contribution in [0.4, 0.5) is 5.69 Å². The molecular formula is C20H23N3O4S2. The number of anilines is 1. The molecule has 1 amide bonds. The van der Waals surface area contributed by atoms with E-state index in [2.05, 4.69) is 10.0 Å². The topological polar surface area (TPSA) is 87.7 Å². The summed E-state index contributed by atoms with van der Waals surface area (Å²) in [6.07, 6.45) is 4.32. The molecule has 1 saturated heterocycles. The number of amides is 1. The lowest BCUT2D eigenvalue weighted by Gasteiger charge is -2.45. The molecule has 0 unspecified atom stereocenters. The molecule has 3 heterocycles. The standard InChI is InChI=1S/C20H23N3O4S2/c1-27-14-5-6-18-15(12-14)21-20(22-29(18,25)26)7-9-23(10-8-20)19(24)17-11-13-3-2-4-16(13)28-17/h5-6,11-12,21-22H,2-4,7-10H2,1H3. The van der Waals surface area contributed by atoms with Gasteiger partial charge in [-0.15, -0.1) is 11.3 Å². The molecule has 0 saturated carbocycles. The third kappa shape index (κ3) is 3.21. The third-order valence-electron chi connectivity index (χ3n) is 6.04. The van der Waals surface area contributed by atoms with Crippen LogP contribution in [0.3, 0.4) is 0 Å². The quantitative estimate of drug-likeness (QED) is 0.760. The number of likely N-dealkylation sites (tertiary alicyclic amines) is 1. The van der Waals surface area contributed by atoms with E-state index >= 15 is 0 Å². The first kappa shape index (κ1) is 18.9. The molecule has 1 aliphatic carbocycles. The second-order valence-corrected chi connectivity index (χ2v) is 10.7. The Bertz CT molecular complexity index is 1060. The summed E-state index contributed by atoms with van der Waals surface area (Å²) in [5.41, 5.74) is 1.07. The number of nitrogens with zero attached hydrogens (tertiary/aromatic N) is 1. The summed E-state index contributed by atoms with van der Waals surface area (Å²) in [7, 11) is -2.08. The van der Waals surface area contributed by atoms with Gasteiger partial charge in [0, 0.05) is 36.9 Å². The van der Waals surface area contributed by atoms with Gasteiger partial charge in [-0.05, 0) is 43.0 Å². The summed E-state index contributed by atoms with van der Waals surface area (Å²) in [6.45, 7) is 0.993. The minimum atomic E-state index is -3.63. The summed E-state index contributed by atoms with van der Waals surface area (Å²) in [5, 5.41) is 3.37. The highest BCUT2D eigenvalue weighted by molar-refractivity contribution is 7.89. The van der Waals surface area contributed by atoms with Crippen LogP contribution in [0.1, 0.15) is 39.4 Å². The van der Waals surface area contributed by atoms with Crippen LogP contribution >= 0.6 is 11.3 Å². The SMILES string of the molecule is COc1ccc2c(c1)NC1(CCN(C(=O)c3cc4c(s3)CCC4)CC1)NS2(=O)=O. The second-order valence-electron chi connectivity index (χ2n) is 7.88. The fourth-order valence-electron chi connectivity index (χ4n) is 4.47. The van der Waals surface area contributed by atoms with Gasteiger partial charge in [0.25, 0.3) is 5.91 Å². The van der Waals surface area contributed by atoms with E-state index in [1.807, 2.05) is 11.0 Å². The van der Waals surface area contributed by atoms with E-state index in [0.29, 0.717) is 37.4 Å². The lowest BCUT2D eigenvalue weighted by molar-refractivity contribution is 0.0680. The Hall–Kier alpha value is -2.10. The number of hydrogen-bond donors (Lipinski definition) is 2. The maximum absolute atomic E-state index is 12.9. The van der Waals surface area contributed by atoms with Crippen molar-refractivity contribution in [3.8, 4) is 5.75 Å². The Balaban J connectivity index is 1.34. The monoisotopic (exact) mass is 433 g/mol. The maximum Gasteiger partial charge on any atom is 0.263 e. The predicted molar refractivity (Wildman–Crippen MR) is 111 cm³/mol. The van der Waals surface area contributed by atoms with Crippen LogP contribution in [0.5, 0.6) is 5.75 Å². The van der Waals surface area contributed by atoms with E-state index in [-0.39, 0.29) is 10.8 Å². The van der Waals surface area contributed by atoms with Crippen molar-refractivity contribution in [3.63, 3.8) is 0 Å². The van der Waals surface area contributed by atoms with Crippen molar-refractivity contribution in [2.45, 2.75) is 42.7 Å². The molecule has 0 bridgehead atoms. The summed E-state index contributed by atoms with van der Waals surface area (Å²) < 4.78 is 33.6. The van der Waals surface area contributed by atoms with Gasteiger partial charge in [0.15, 0.2) is 0 Å². The molecule has 0 radical (unpaired) electrons. The number of aryl methyl sites for hydroxylation is 2. The third-order valence-corrected chi connectivity index (χ3v) is 8.86. The second kappa shape index (κ2) is 6.72. The number of ether oxygens (including phenoxy) is 1. The van der Waals surface area contributed by atoms with E-state index in [9.17, 15) is 13.2 Å². The van der Waals surface area contributed by atoms with Gasteiger partial charge in [-0.1, -0.05) is 0 Å². The lowest BCUT2D eigenvalue weighted by Crippen LogP contribution is -2.62. The largest absolute Gasteiger partial charge is 0.497 e. The zero-order valence-corrected chi connectivity index (χ0v) is 17.8. The van der Waals surface area contributed by atoms with Crippen molar-refractivity contribution in [3.05, 3.63) is 39.6 Å². The fourth-order valence-corrected chi connectivity index (χ4v) is 7.22. The van der Waals surface area contributed by atoms with Crippen LogP contribution in [0.15, 0.2) is 29.2 Å². The molecule has 1 spiro atoms. The minimum Gasteiger partial charge on any atom is -0.497 e. The van der Waals surface area contributed by atoms with E-state index in [1.165, 1.54) is 16.9 Å². The van der Waals surface area contributed by atoms with Crippen LogP contribution in [-0.4, -0.2) is 45.1 Å². The van der Waals surface area contributed by atoms with Gasteiger partial charge < -0.3 is 15.0 Å². The molecular weight excluding hydrogens is 410 g/mol. The highest BCUT2D eigenvalue weighted by Crippen LogP contribution is 2.38. The van der Waals surface area contributed by atoms with Crippen molar-refractivity contribution in [1.82, 2.24) is 9.62 Å². The highest BCUT2D eigenvalue weighted by Gasteiger charge is 2.44. The number of methoxy groups -OCH3 is 1. The molecule has 2 aromatic rings. The molecule has 5 rings (SSSR count). The Morgan fingerprint density at radius 1 is 1.21 bits per heavy atom. The lowest BCUT2D eigenvalue weighted by atomic mass is 9.97. The Kier molecular flexibility index (Phi) is 4.38. The number of fused-ring (bicyclic) bond motifs is 2. The number of hydrogen-bond acceptors (Lipinski definition) is 6. The molecule has 1 aromatic carbocycles. The summed E-state index contributed by atoms with van der Waals surface area (Å²) >= 11 is 1.61. The highest BCUT2D eigenvalue weighted by atomic mass is 32.2. The molecule has 0 atom stereocenters. The van der Waals surface area contributed by atoms with Gasteiger partial charge in [0.1, 0.15) is 16.3 Å². The molecule has 1 fully saturated rings. The number of nitrogens with one attached hydrogen (secondary N) is 2. The number of rotatable bonds is 2. The van der Waals surface area contributed by atoms with Crippen molar-refractivity contribution < 1.29 is 17.9 Å². The maximum atomic E-state index is 12.9. The van der Waals surface area contributed by atoms with Crippen LogP contribution in [0, 0.1) is 0 Å². The molecule has 9 heteroatoms. The van der Waals surface area contributed by atoms with Gasteiger partial charge in [-0.25, -0.2) is 8.42 Å². The Morgan fingerprint density at radius 3 is 2.72 bits per heavy atom. The minimum absolute atomic E-state index is 0.0555. The van der Waals surface area contributed by atoms with Crippen LogP contribution in [0.25, 0.3) is 0 Å². The first-order valence-electron chi connectivity index (χ1n) is 9.80. The molecule has 3 aliphatic rings. The molecule has 29 heavy (non-hydrogen) atoms. The van der Waals surface area contributed by atoms with Gasteiger partial charge >= 0.3 is 0 Å². The summed E-state index contributed by atoms with van der Waals surface area (Å²) in [6, 6.07) is 6.94. The first-order valence-corrected chi connectivity index (χ1v) is 12.1. The van der Waals surface area contributed by atoms with E-state index in [4.69, 9.17) is 4.74 Å². The predicted octanol–water partition coefficient (Wildman–Crippen LogP) is 2.58. The number of benzene rings is 1. The average molecular weight is 434 g/mol. The Morgan fingerprint density at radius 2 is 2.00 bits per heavy atom. The van der Waals surface area contributed by atoms with Crippen LogP contribution < -0.4 is 14.8 Å². The van der Waals surface area contributed by atoms with Crippen molar-refractivity contribution in [1.29, 1.82) is 0 Å². The molecule has 7 nitrogen and oxygen atoms in total. The normalized spacial score (nSPS) is 21.3.